The third-order valence-electron chi connectivity index (χ3n) is 2.32. The lowest BCUT2D eigenvalue weighted by molar-refractivity contribution is 0.102. The predicted molar refractivity (Wildman–Crippen MR) is 68.0 cm³/mol. The van der Waals surface area contributed by atoms with Crippen molar-refractivity contribution in [3.63, 3.8) is 0 Å². The number of halogens is 1. The van der Waals surface area contributed by atoms with Crippen LogP contribution in [0.15, 0.2) is 39.7 Å². The molecule has 0 saturated heterocycles. The summed E-state index contributed by atoms with van der Waals surface area (Å²) in [6.45, 7) is 1.94. The number of pyridine rings is 1. The molecule has 0 aliphatic rings. The first kappa shape index (κ1) is 11.9. The van der Waals surface area contributed by atoms with E-state index in [-0.39, 0.29) is 5.91 Å². The lowest BCUT2D eigenvalue weighted by Crippen LogP contribution is -2.13. The summed E-state index contributed by atoms with van der Waals surface area (Å²) in [5.74, 6) is 0.492. The first-order valence-corrected chi connectivity index (χ1v) is 6.00. The Labute approximate surface area is 107 Å². The number of amides is 1. The smallest absolute Gasteiger partial charge is 0.259 e. The largest absolute Gasteiger partial charge is 0.469 e. The standard InChI is InChI=1S/C12H11BrN2O2/c1-2-10-8(5-7-17-10)12(16)15-9-4-3-6-14-11(9)13/h3-7H,2H2,1H3,(H,15,16). The number of nitrogens with zero attached hydrogens (tertiary/aromatic N) is 1. The number of aromatic nitrogens is 1. The van der Waals surface area contributed by atoms with E-state index in [9.17, 15) is 4.79 Å². The van der Waals surface area contributed by atoms with Crippen LogP contribution in [0.5, 0.6) is 0 Å². The summed E-state index contributed by atoms with van der Waals surface area (Å²) in [4.78, 5) is 16.0. The van der Waals surface area contributed by atoms with Crippen molar-refractivity contribution in [2.75, 3.05) is 5.32 Å². The molecule has 0 unspecified atom stereocenters. The van der Waals surface area contributed by atoms with Gasteiger partial charge in [-0.25, -0.2) is 4.98 Å². The van der Waals surface area contributed by atoms with Crippen molar-refractivity contribution in [1.82, 2.24) is 4.98 Å². The van der Waals surface area contributed by atoms with Gasteiger partial charge in [-0.1, -0.05) is 6.92 Å². The summed E-state index contributed by atoms with van der Waals surface area (Å²) < 4.78 is 5.82. The minimum atomic E-state index is -0.190. The van der Waals surface area contributed by atoms with Gasteiger partial charge in [0.1, 0.15) is 10.4 Å². The zero-order valence-electron chi connectivity index (χ0n) is 9.24. The average Bonchev–Trinajstić information content (AvgIpc) is 2.80. The van der Waals surface area contributed by atoms with Crippen LogP contribution in [-0.4, -0.2) is 10.9 Å². The second-order valence-electron chi connectivity index (χ2n) is 3.41. The van der Waals surface area contributed by atoms with Gasteiger partial charge in [-0.2, -0.15) is 0 Å². The van der Waals surface area contributed by atoms with Crippen molar-refractivity contribution in [2.24, 2.45) is 0 Å². The van der Waals surface area contributed by atoms with Crippen LogP contribution in [0.1, 0.15) is 23.0 Å². The van der Waals surface area contributed by atoms with E-state index < -0.39 is 0 Å². The van der Waals surface area contributed by atoms with Crippen molar-refractivity contribution >= 4 is 27.5 Å². The number of hydrogen-bond donors (Lipinski definition) is 1. The number of hydrogen-bond acceptors (Lipinski definition) is 3. The molecular weight excluding hydrogens is 284 g/mol. The molecule has 0 bridgehead atoms. The van der Waals surface area contributed by atoms with Gasteiger partial charge >= 0.3 is 0 Å². The molecule has 0 radical (unpaired) electrons. The zero-order valence-corrected chi connectivity index (χ0v) is 10.8. The second-order valence-corrected chi connectivity index (χ2v) is 4.16. The first-order valence-electron chi connectivity index (χ1n) is 5.20. The molecule has 0 aliphatic heterocycles. The summed E-state index contributed by atoms with van der Waals surface area (Å²) in [5.41, 5.74) is 1.20. The van der Waals surface area contributed by atoms with E-state index in [1.807, 2.05) is 6.92 Å². The molecule has 1 N–H and O–H groups in total. The fraction of sp³-hybridized carbons (Fsp3) is 0.167. The van der Waals surface area contributed by atoms with Crippen LogP contribution in [0.25, 0.3) is 0 Å². The molecule has 0 fully saturated rings. The molecule has 2 rings (SSSR count). The number of rotatable bonds is 3. The number of furan rings is 1. The number of anilines is 1. The Morgan fingerprint density at radius 2 is 2.35 bits per heavy atom. The number of nitrogens with one attached hydrogen (secondary N) is 1. The van der Waals surface area contributed by atoms with E-state index in [1.165, 1.54) is 6.26 Å². The van der Waals surface area contributed by atoms with Crippen LogP contribution in [0, 0.1) is 0 Å². The Morgan fingerprint density at radius 1 is 1.53 bits per heavy atom. The minimum absolute atomic E-state index is 0.190. The number of aryl methyl sites for hydroxylation is 1. The van der Waals surface area contributed by atoms with Gasteiger partial charge in [-0.05, 0) is 34.1 Å². The van der Waals surface area contributed by atoms with Gasteiger partial charge in [0, 0.05) is 12.6 Å². The SMILES string of the molecule is CCc1occc1C(=O)Nc1cccnc1Br. The summed E-state index contributed by atoms with van der Waals surface area (Å²) in [7, 11) is 0. The molecule has 5 heteroatoms. The van der Waals surface area contributed by atoms with E-state index in [4.69, 9.17) is 4.42 Å². The molecular formula is C12H11BrN2O2. The van der Waals surface area contributed by atoms with Gasteiger partial charge in [0.15, 0.2) is 0 Å². The van der Waals surface area contributed by atoms with Crippen LogP contribution in [-0.2, 0) is 6.42 Å². The molecule has 2 aromatic rings. The average molecular weight is 295 g/mol. The molecule has 2 aromatic heterocycles. The van der Waals surface area contributed by atoms with Gasteiger partial charge in [-0.3, -0.25) is 4.79 Å². The maximum absolute atomic E-state index is 12.0. The zero-order chi connectivity index (χ0) is 12.3. The predicted octanol–water partition coefficient (Wildman–Crippen LogP) is 3.25. The van der Waals surface area contributed by atoms with Crippen molar-refractivity contribution in [3.05, 3.63) is 46.6 Å². The van der Waals surface area contributed by atoms with E-state index in [2.05, 4.69) is 26.2 Å². The molecule has 2 heterocycles. The molecule has 0 aromatic carbocycles. The van der Waals surface area contributed by atoms with Crippen molar-refractivity contribution in [2.45, 2.75) is 13.3 Å². The van der Waals surface area contributed by atoms with Crippen LogP contribution in [0.4, 0.5) is 5.69 Å². The second kappa shape index (κ2) is 5.14. The highest BCUT2D eigenvalue weighted by atomic mass is 79.9. The maximum atomic E-state index is 12.0. The summed E-state index contributed by atoms with van der Waals surface area (Å²) in [6, 6.07) is 5.20. The molecule has 4 nitrogen and oxygen atoms in total. The number of carbonyl (C=O) groups is 1. The van der Waals surface area contributed by atoms with Crippen LogP contribution < -0.4 is 5.32 Å². The van der Waals surface area contributed by atoms with E-state index >= 15 is 0 Å². The normalized spacial score (nSPS) is 10.2. The van der Waals surface area contributed by atoms with Gasteiger partial charge in [0.05, 0.1) is 17.5 Å². The third-order valence-corrected chi connectivity index (χ3v) is 2.95. The third kappa shape index (κ3) is 2.55. The van der Waals surface area contributed by atoms with Gasteiger partial charge in [0.25, 0.3) is 5.91 Å². The van der Waals surface area contributed by atoms with E-state index in [0.29, 0.717) is 28.0 Å². The molecule has 1 amide bonds. The quantitative estimate of drug-likeness (QED) is 0.884. The maximum Gasteiger partial charge on any atom is 0.259 e. The molecule has 0 spiro atoms. The van der Waals surface area contributed by atoms with E-state index in [1.54, 1.807) is 24.4 Å². The topological polar surface area (TPSA) is 55.1 Å². The van der Waals surface area contributed by atoms with Crippen LogP contribution in [0.2, 0.25) is 0 Å². The Bertz CT molecular complexity index is 537. The van der Waals surface area contributed by atoms with Crippen molar-refractivity contribution < 1.29 is 9.21 Å². The molecule has 0 aliphatic carbocycles. The highest BCUT2D eigenvalue weighted by Gasteiger charge is 2.14. The van der Waals surface area contributed by atoms with Gasteiger partial charge in [-0.15, -0.1) is 0 Å². The Morgan fingerprint density at radius 3 is 3.06 bits per heavy atom. The Kier molecular flexibility index (Phi) is 3.58. The molecule has 0 atom stereocenters. The fourth-order valence-corrected chi connectivity index (χ4v) is 1.84. The van der Waals surface area contributed by atoms with Crippen LogP contribution >= 0.6 is 15.9 Å². The van der Waals surface area contributed by atoms with Crippen molar-refractivity contribution in [3.8, 4) is 0 Å². The monoisotopic (exact) mass is 294 g/mol. The van der Waals surface area contributed by atoms with Gasteiger partial charge in [0.2, 0.25) is 0 Å². The van der Waals surface area contributed by atoms with Crippen LogP contribution in [0.3, 0.4) is 0 Å². The summed E-state index contributed by atoms with van der Waals surface area (Å²) >= 11 is 3.27. The summed E-state index contributed by atoms with van der Waals surface area (Å²) in [6.07, 6.45) is 3.85. The first-order chi connectivity index (χ1) is 8.22. The fourth-order valence-electron chi connectivity index (χ4n) is 1.49. The molecule has 88 valence electrons. The lowest BCUT2D eigenvalue weighted by atomic mass is 10.2. The highest BCUT2D eigenvalue weighted by Crippen LogP contribution is 2.20. The Hall–Kier alpha value is -1.62. The Balaban J connectivity index is 2.20. The van der Waals surface area contributed by atoms with Gasteiger partial charge < -0.3 is 9.73 Å². The number of carbonyl (C=O) groups excluding carboxylic acids is 1. The lowest BCUT2D eigenvalue weighted by Gasteiger charge is -2.05. The molecule has 17 heavy (non-hydrogen) atoms. The van der Waals surface area contributed by atoms with Crippen molar-refractivity contribution in [1.29, 1.82) is 0 Å². The highest BCUT2D eigenvalue weighted by molar-refractivity contribution is 9.10. The molecule has 0 saturated carbocycles. The van der Waals surface area contributed by atoms with E-state index in [0.717, 1.165) is 0 Å². The minimum Gasteiger partial charge on any atom is -0.469 e. The summed E-state index contributed by atoms with van der Waals surface area (Å²) in [5, 5.41) is 2.78.